The Kier molecular flexibility index (Phi) is 3.90. The van der Waals surface area contributed by atoms with Crippen LogP contribution in [0.4, 0.5) is 5.82 Å². The lowest BCUT2D eigenvalue weighted by Gasteiger charge is -2.22. The molecule has 1 aliphatic carbocycles. The summed E-state index contributed by atoms with van der Waals surface area (Å²) in [5, 5.41) is 9.67. The van der Waals surface area contributed by atoms with Crippen molar-refractivity contribution in [2.75, 3.05) is 18.0 Å². The molecule has 3 rings (SSSR count). The molecule has 1 aliphatic heterocycles. The van der Waals surface area contributed by atoms with E-state index in [4.69, 9.17) is 0 Å². The van der Waals surface area contributed by atoms with Gasteiger partial charge in [-0.15, -0.1) is 0 Å². The van der Waals surface area contributed by atoms with Crippen LogP contribution in [0.5, 0.6) is 0 Å². The lowest BCUT2D eigenvalue weighted by atomic mass is 10.2. The number of rotatable bonds is 5. The minimum atomic E-state index is -3.46. The molecule has 0 bridgehead atoms. The van der Waals surface area contributed by atoms with Gasteiger partial charge in [0.25, 0.3) is 0 Å². The summed E-state index contributed by atoms with van der Waals surface area (Å²) in [5.74, 6) is 1.21. The quantitative estimate of drug-likeness (QED) is 0.838. The molecule has 2 aliphatic rings. The SMILES string of the molecule is C[C@@H]1C[C@H](O)CN1c1ccc(S(=O)(=O)NCC2CC2)cn1. The number of hydrogen-bond donors (Lipinski definition) is 2. The Hall–Kier alpha value is -1.18. The molecule has 21 heavy (non-hydrogen) atoms. The van der Waals surface area contributed by atoms with Gasteiger partial charge in [-0.3, -0.25) is 0 Å². The molecule has 0 aromatic carbocycles. The number of hydrogen-bond acceptors (Lipinski definition) is 5. The van der Waals surface area contributed by atoms with Crippen LogP contribution in [0.2, 0.25) is 0 Å². The molecule has 0 unspecified atom stereocenters. The number of anilines is 1. The van der Waals surface area contributed by atoms with Gasteiger partial charge in [-0.05, 0) is 44.2 Å². The van der Waals surface area contributed by atoms with Crippen LogP contribution in [0.3, 0.4) is 0 Å². The average molecular weight is 311 g/mol. The molecule has 1 saturated carbocycles. The third kappa shape index (κ3) is 3.36. The number of pyridine rings is 1. The molecule has 2 heterocycles. The first kappa shape index (κ1) is 14.7. The van der Waals surface area contributed by atoms with E-state index < -0.39 is 10.0 Å². The first-order chi connectivity index (χ1) is 9.95. The molecule has 1 aromatic rings. The van der Waals surface area contributed by atoms with Gasteiger partial charge in [-0.2, -0.15) is 0 Å². The van der Waals surface area contributed by atoms with Crippen LogP contribution in [0.25, 0.3) is 0 Å². The predicted molar refractivity (Wildman–Crippen MR) is 79.6 cm³/mol. The van der Waals surface area contributed by atoms with Crippen LogP contribution in [-0.2, 0) is 10.0 Å². The molecule has 116 valence electrons. The maximum Gasteiger partial charge on any atom is 0.242 e. The molecule has 1 aromatic heterocycles. The van der Waals surface area contributed by atoms with Crippen LogP contribution in [0, 0.1) is 5.92 Å². The topological polar surface area (TPSA) is 82.5 Å². The Labute approximate surface area is 125 Å². The Morgan fingerprint density at radius 1 is 1.43 bits per heavy atom. The summed E-state index contributed by atoms with van der Waals surface area (Å²) in [6.07, 6.45) is 3.97. The smallest absolute Gasteiger partial charge is 0.242 e. The molecule has 2 N–H and O–H groups in total. The van der Waals surface area contributed by atoms with Crippen molar-refractivity contribution in [3.63, 3.8) is 0 Å². The summed E-state index contributed by atoms with van der Waals surface area (Å²) in [7, 11) is -3.46. The molecule has 2 fully saturated rings. The summed E-state index contributed by atoms with van der Waals surface area (Å²) in [6.45, 7) is 3.08. The Bertz CT molecular complexity index is 598. The van der Waals surface area contributed by atoms with E-state index in [2.05, 4.69) is 9.71 Å². The van der Waals surface area contributed by atoms with Crippen molar-refractivity contribution < 1.29 is 13.5 Å². The Morgan fingerprint density at radius 2 is 2.19 bits per heavy atom. The zero-order chi connectivity index (χ0) is 15.0. The van der Waals surface area contributed by atoms with Crippen LogP contribution >= 0.6 is 0 Å². The van der Waals surface area contributed by atoms with E-state index in [9.17, 15) is 13.5 Å². The molecule has 2 atom stereocenters. The number of nitrogens with zero attached hydrogens (tertiary/aromatic N) is 2. The van der Waals surface area contributed by atoms with Crippen molar-refractivity contribution in [2.45, 2.75) is 43.2 Å². The Balaban J connectivity index is 1.71. The normalized spacial score (nSPS) is 26.3. The number of aliphatic hydroxyl groups is 1. The van der Waals surface area contributed by atoms with Crippen molar-refractivity contribution in [1.29, 1.82) is 0 Å². The van der Waals surface area contributed by atoms with E-state index in [-0.39, 0.29) is 17.0 Å². The second-order valence-electron chi connectivity index (χ2n) is 6.04. The standard InChI is InChI=1S/C14H21N3O3S/c1-10-6-12(18)9-17(10)14-5-4-13(8-15-14)21(19,20)16-7-11-2-3-11/h4-5,8,10-12,16,18H,2-3,6-7,9H2,1H3/t10-,12+/m1/s1. The number of β-amino-alcohol motifs (C(OH)–C–C–N with tert-alkyl or cyclic N) is 1. The highest BCUT2D eigenvalue weighted by atomic mass is 32.2. The summed E-state index contributed by atoms with van der Waals surface area (Å²) in [6, 6.07) is 3.50. The van der Waals surface area contributed by atoms with Crippen molar-refractivity contribution in [3.05, 3.63) is 18.3 Å². The molecule has 7 heteroatoms. The highest BCUT2D eigenvalue weighted by Gasteiger charge is 2.29. The zero-order valence-corrected chi connectivity index (χ0v) is 12.9. The van der Waals surface area contributed by atoms with Gasteiger partial charge in [0.15, 0.2) is 0 Å². The van der Waals surface area contributed by atoms with Crippen LogP contribution in [-0.4, -0.2) is 43.7 Å². The second kappa shape index (κ2) is 5.55. The van der Waals surface area contributed by atoms with Crippen LogP contribution < -0.4 is 9.62 Å². The lowest BCUT2D eigenvalue weighted by molar-refractivity contribution is 0.195. The summed E-state index contributed by atoms with van der Waals surface area (Å²) < 4.78 is 26.8. The average Bonchev–Trinajstić information content (AvgIpc) is 3.21. The van der Waals surface area contributed by atoms with Gasteiger partial charge in [-0.1, -0.05) is 0 Å². The highest BCUT2D eigenvalue weighted by molar-refractivity contribution is 7.89. The minimum absolute atomic E-state index is 0.194. The third-order valence-corrected chi connectivity index (χ3v) is 5.55. The van der Waals surface area contributed by atoms with Gasteiger partial charge in [0.05, 0.1) is 6.10 Å². The molecule has 0 amide bonds. The van der Waals surface area contributed by atoms with Gasteiger partial charge in [0, 0.05) is 25.3 Å². The molecule has 1 saturated heterocycles. The molecule has 6 nitrogen and oxygen atoms in total. The third-order valence-electron chi connectivity index (χ3n) is 4.14. The first-order valence-electron chi connectivity index (χ1n) is 7.36. The van der Waals surface area contributed by atoms with Crippen molar-refractivity contribution in [3.8, 4) is 0 Å². The number of aliphatic hydroxyl groups excluding tert-OH is 1. The van der Waals surface area contributed by atoms with E-state index in [0.29, 0.717) is 31.2 Å². The maximum absolute atomic E-state index is 12.1. The molecule has 0 spiro atoms. The van der Waals surface area contributed by atoms with Gasteiger partial charge in [0.1, 0.15) is 10.7 Å². The monoisotopic (exact) mass is 311 g/mol. The van der Waals surface area contributed by atoms with Crippen LogP contribution in [0.1, 0.15) is 26.2 Å². The van der Waals surface area contributed by atoms with Gasteiger partial charge < -0.3 is 10.0 Å². The van der Waals surface area contributed by atoms with E-state index in [1.807, 2.05) is 11.8 Å². The molecular weight excluding hydrogens is 290 g/mol. The minimum Gasteiger partial charge on any atom is -0.391 e. The zero-order valence-electron chi connectivity index (χ0n) is 12.1. The fraction of sp³-hybridized carbons (Fsp3) is 0.643. The summed E-state index contributed by atoms with van der Waals surface area (Å²) >= 11 is 0. The summed E-state index contributed by atoms with van der Waals surface area (Å²) in [4.78, 5) is 6.44. The summed E-state index contributed by atoms with van der Waals surface area (Å²) in [5.41, 5.74) is 0. The van der Waals surface area contributed by atoms with E-state index >= 15 is 0 Å². The highest BCUT2D eigenvalue weighted by Crippen LogP contribution is 2.28. The molecule has 0 radical (unpaired) electrons. The van der Waals surface area contributed by atoms with E-state index in [1.165, 1.54) is 6.20 Å². The fourth-order valence-corrected chi connectivity index (χ4v) is 3.72. The van der Waals surface area contributed by atoms with Gasteiger partial charge in [-0.25, -0.2) is 18.1 Å². The second-order valence-corrected chi connectivity index (χ2v) is 7.81. The fourth-order valence-electron chi connectivity index (χ4n) is 2.66. The van der Waals surface area contributed by atoms with Crippen LogP contribution in [0.15, 0.2) is 23.2 Å². The molecular formula is C14H21N3O3S. The maximum atomic E-state index is 12.1. The first-order valence-corrected chi connectivity index (χ1v) is 8.84. The van der Waals surface area contributed by atoms with Gasteiger partial charge >= 0.3 is 0 Å². The van der Waals surface area contributed by atoms with E-state index in [0.717, 1.165) is 12.8 Å². The largest absolute Gasteiger partial charge is 0.391 e. The number of nitrogens with one attached hydrogen (secondary N) is 1. The number of sulfonamides is 1. The van der Waals surface area contributed by atoms with Gasteiger partial charge in [0.2, 0.25) is 10.0 Å². The van der Waals surface area contributed by atoms with Crippen molar-refractivity contribution in [1.82, 2.24) is 9.71 Å². The number of aromatic nitrogens is 1. The van der Waals surface area contributed by atoms with E-state index in [1.54, 1.807) is 12.1 Å². The Morgan fingerprint density at radius 3 is 2.71 bits per heavy atom. The predicted octanol–water partition coefficient (Wildman–Crippen LogP) is 0.729. The van der Waals surface area contributed by atoms with Crippen molar-refractivity contribution >= 4 is 15.8 Å². The van der Waals surface area contributed by atoms with Crippen molar-refractivity contribution in [2.24, 2.45) is 5.92 Å². The lowest BCUT2D eigenvalue weighted by Crippen LogP contribution is -2.29.